The van der Waals surface area contributed by atoms with Crippen molar-refractivity contribution >= 4 is 12.6 Å². The first-order valence-corrected chi connectivity index (χ1v) is 6.19. The zero-order valence-electron chi connectivity index (χ0n) is 11.7. The van der Waals surface area contributed by atoms with Crippen molar-refractivity contribution in [2.75, 3.05) is 0 Å². The highest BCUT2D eigenvalue weighted by molar-refractivity contribution is 6.63. The van der Waals surface area contributed by atoms with E-state index in [2.05, 4.69) is 4.98 Å². The monoisotopic (exact) mass is 249 g/mol. The third kappa shape index (κ3) is 2.07. The molecule has 0 spiro atoms. The van der Waals surface area contributed by atoms with Crippen LogP contribution in [0.5, 0.6) is 0 Å². The second-order valence-corrected chi connectivity index (χ2v) is 5.72. The largest absolute Gasteiger partial charge is 0.497 e. The van der Waals surface area contributed by atoms with Gasteiger partial charge >= 0.3 is 7.12 Å². The molecule has 5 heteroatoms. The van der Waals surface area contributed by atoms with Gasteiger partial charge < -0.3 is 14.4 Å². The average molecular weight is 249 g/mol. The van der Waals surface area contributed by atoms with Crippen LogP contribution >= 0.6 is 0 Å². The van der Waals surface area contributed by atoms with Crippen molar-refractivity contribution in [2.45, 2.75) is 52.4 Å². The SMILES string of the molecule is Cc1nccc(CO)c1B1OC(C)(C)C(C)(C)O1. The third-order valence-corrected chi connectivity index (χ3v) is 3.94. The van der Waals surface area contributed by atoms with Gasteiger partial charge in [-0.1, -0.05) is 0 Å². The fraction of sp³-hybridized carbons (Fsp3) is 0.615. The summed E-state index contributed by atoms with van der Waals surface area (Å²) < 4.78 is 12.0. The van der Waals surface area contributed by atoms with E-state index in [-0.39, 0.29) is 17.8 Å². The van der Waals surface area contributed by atoms with Crippen LogP contribution in [0.2, 0.25) is 0 Å². The van der Waals surface area contributed by atoms with Gasteiger partial charge in [-0.05, 0) is 46.2 Å². The van der Waals surface area contributed by atoms with Crippen molar-refractivity contribution in [1.29, 1.82) is 0 Å². The molecule has 0 aliphatic carbocycles. The van der Waals surface area contributed by atoms with E-state index in [1.54, 1.807) is 12.3 Å². The minimum absolute atomic E-state index is 0.0389. The Kier molecular flexibility index (Phi) is 3.26. The highest BCUT2D eigenvalue weighted by Gasteiger charge is 2.52. The zero-order valence-corrected chi connectivity index (χ0v) is 11.7. The van der Waals surface area contributed by atoms with E-state index >= 15 is 0 Å². The Balaban J connectivity index is 2.41. The standard InChI is InChI=1S/C13H20BNO3/c1-9-11(10(8-16)6-7-15-9)14-17-12(2,3)13(4,5)18-14/h6-7,16H,8H2,1-5H3. The Morgan fingerprint density at radius 3 is 2.28 bits per heavy atom. The van der Waals surface area contributed by atoms with Crippen molar-refractivity contribution in [3.8, 4) is 0 Å². The molecule has 1 aliphatic heterocycles. The molecule has 1 N–H and O–H groups in total. The van der Waals surface area contributed by atoms with Crippen LogP contribution < -0.4 is 5.46 Å². The molecule has 1 aromatic rings. The molecule has 0 radical (unpaired) electrons. The van der Waals surface area contributed by atoms with Gasteiger partial charge in [-0.3, -0.25) is 4.98 Å². The summed E-state index contributed by atoms with van der Waals surface area (Å²) in [6, 6.07) is 1.80. The van der Waals surface area contributed by atoms with E-state index in [0.717, 1.165) is 16.7 Å². The van der Waals surface area contributed by atoms with Crippen LogP contribution in [0.25, 0.3) is 0 Å². The first-order valence-electron chi connectivity index (χ1n) is 6.19. The Morgan fingerprint density at radius 1 is 1.22 bits per heavy atom. The van der Waals surface area contributed by atoms with Gasteiger partial charge in [0.25, 0.3) is 0 Å². The molecule has 0 aromatic carbocycles. The maximum Gasteiger partial charge on any atom is 0.497 e. The van der Waals surface area contributed by atoms with Crippen molar-refractivity contribution in [2.24, 2.45) is 0 Å². The molecule has 98 valence electrons. The van der Waals surface area contributed by atoms with Gasteiger partial charge in [-0.2, -0.15) is 0 Å². The number of aliphatic hydroxyl groups excluding tert-OH is 1. The second-order valence-electron chi connectivity index (χ2n) is 5.72. The molecule has 0 unspecified atom stereocenters. The molecular formula is C13H20BNO3. The van der Waals surface area contributed by atoms with Gasteiger partial charge in [0.05, 0.1) is 17.8 Å². The lowest BCUT2D eigenvalue weighted by molar-refractivity contribution is 0.00578. The second kappa shape index (κ2) is 4.33. The molecule has 2 heterocycles. The van der Waals surface area contributed by atoms with Gasteiger partial charge in [0.1, 0.15) is 0 Å². The zero-order chi connectivity index (χ0) is 13.6. The predicted molar refractivity (Wildman–Crippen MR) is 70.6 cm³/mol. The summed E-state index contributed by atoms with van der Waals surface area (Å²) in [5.74, 6) is 0. The number of rotatable bonds is 2. The van der Waals surface area contributed by atoms with E-state index in [0.29, 0.717) is 0 Å². The minimum atomic E-state index is -0.467. The Morgan fingerprint density at radius 2 is 1.78 bits per heavy atom. The molecule has 1 saturated heterocycles. The lowest BCUT2D eigenvalue weighted by Crippen LogP contribution is -2.41. The highest BCUT2D eigenvalue weighted by atomic mass is 16.7. The summed E-state index contributed by atoms with van der Waals surface area (Å²) in [5, 5.41) is 9.42. The highest BCUT2D eigenvalue weighted by Crippen LogP contribution is 2.36. The van der Waals surface area contributed by atoms with Crippen molar-refractivity contribution in [1.82, 2.24) is 4.98 Å². The molecule has 0 bridgehead atoms. The summed E-state index contributed by atoms with van der Waals surface area (Å²) in [7, 11) is -0.467. The normalized spacial score (nSPS) is 21.3. The van der Waals surface area contributed by atoms with Crippen LogP contribution in [-0.2, 0) is 15.9 Å². The Hall–Kier alpha value is -0.905. The fourth-order valence-electron chi connectivity index (χ4n) is 2.05. The fourth-order valence-corrected chi connectivity index (χ4v) is 2.05. The quantitative estimate of drug-likeness (QED) is 0.799. The first kappa shape index (κ1) is 13.5. The molecule has 0 saturated carbocycles. The molecule has 0 amide bonds. The molecular weight excluding hydrogens is 229 g/mol. The van der Waals surface area contributed by atoms with Gasteiger partial charge in [0, 0.05) is 17.4 Å². The van der Waals surface area contributed by atoms with Crippen LogP contribution in [0.1, 0.15) is 39.0 Å². The van der Waals surface area contributed by atoms with Gasteiger partial charge in [-0.15, -0.1) is 0 Å². The van der Waals surface area contributed by atoms with Crippen molar-refractivity contribution < 1.29 is 14.4 Å². The van der Waals surface area contributed by atoms with E-state index in [1.807, 2.05) is 34.6 Å². The number of hydrogen-bond acceptors (Lipinski definition) is 4. The summed E-state index contributed by atoms with van der Waals surface area (Å²) in [5.41, 5.74) is 1.72. The van der Waals surface area contributed by atoms with Gasteiger partial charge in [0.2, 0.25) is 0 Å². The predicted octanol–water partition coefficient (Wildman–Crippen LogP) is 1.18. The van der Waals surface area contributed by atoms with E-state index in [4.69, 9.17) is 9.31 Å². The maximum atomic E-state index is 9.42. The minimum Gasteiger partial charge on any atom is -0.399 e. The number of hydrogen-bond donors (Lipinski definition) is 1. The number of pyridine rings is 1. The van der Waals surface area contributed by atoms with Crippen molar-refractivity contribution in [3.05, 3.63) is 23.5 Å². The molecule has 2 rings (SSSR count). The van der Waals surface area contributed by atoms with Gasteiger partial charge in [0.15, 0.2) is 0 Å². The molecule has 1 aromatic heterocycles. The van der Waals surface area contributed by atoms with Crippen LogP contribution in [0.3, 0.4) is 0 Å². The summed E-state index contributed by atoms with van der Waals surface area (Å²) in [6.45, 7) is 9.91. The Bertz CT molecular complexity index is 444. The average Bonchev–Trinajstić information content (AvgIpc) is 2.47. The topological polar surface area (TPSA) is 51.6 Å². The first-order chi connectivity index (χ1) is 8.28. The third-order valence-electron chi connectivity index (χ3n) is 3.94. The summed E-state index contributed by atoms with van der Waals surface area (Å²) in [6.07, 6.45) is 1.69. The van der Waals surface area contributed by atoms with Crippen LogP contribution in [0, 0.1) is 6.92 Å². The molecule has 18 heavy (non-hydrogen) atoms. The molecule has 4 nitrogen and oxygen atoms in total. The summed E-state index contributed by atoms with van der Waals surface area (Å²) >= 11 is 0. The van der Waals surface area contributed by atoms with E-state index in [1.165, 1.54) is 0 Å². The summed E-state index contributed by atoms with van der Waals surface area (Å²) in [4.78, 5) is 4.26. The molecule has 0 atom stereocenters. The van der Waals surface area contributed by atoms with E-state index in [9.17, 15) is 5.11 Å². The number of aromatic nitrogens is 1. The Labute approximate surface area is 108 Å². The van der Waals surface area contributed by atoms with Crippen LogP contribution in [0.4, 0.5) is 0 Å². The molecule has 1 aliphatic rings. The molecule has 1 fully saturated rings. The van der Waals surface area contributed by atoms with Crippen LogP contribution in [0.15, 0.2) is 12.3 Å². The van der Waals surface area contributed by atoms with E-state index < -0.39 is 7.12 Å². The number of aryl methyl sites for hydroxylation is 1. The van der Waals surface area contributed by atoms with Gasteiger partial charge in [-0.25, -0.2) is 0 Å². The number of nitrogens with zero attached hydrogens (tertiary/aromatic N) is 1. The number of aliphatic hydroxyl groups is 1. The smallest absolute Gasteiger partial charge is 0.399 e. The van der Waals surface area contributed by atoms with Crippen molar-refractivity contribution in [3.63, 3.8) is 0 Å². The lowest BCUT2D eigenvalue weighted by Gasteiger charge is -2.32. The van der Waals surface area contributed by atoms with Crippen LogP contribution in [-0.4, -0.2) is 28.4 Å². The maximum absolute atomic E-state index is 9.42. The lowest BCUT2D eigenvalue weighted by atomic mass is 9.75.